The van der Waals surface area contributed by atoms with Crippen LogP contribution in [0.5, 0.6) is 0 Å². The summed E-state index contributed by atoms with van der Waals surface area (Å²) >= 11 is 0. The fraction of sp³-hybridized carbons (Fsp3) is 1.00. The van der Waals surface area contributed by atoms with Gasteiger partial charge in [0.1, 0.15) is 0 Å². The number of hydrogen-bond donors (Lipinski definition) is 1. The van der Waals surface area contributed by atoms with Crippen LogP contribution >= 0.6 is 0 Å². The maximum atomic E-state index is 3.58. The second-order valence-corrected chi connectivity index (χ2v) is 5.50. The number of likely N-dealkylation sites (tertiary alicyclic amines) is 1. The maximum absolute atomic E-state index is 3.58. The van der Waals surface area contributed by atoms with Crippen molar-refractivity contribution < 1.29 is 0 Å². The Labute approximate surface area is 94.4 Å². The van der Waals surface area contributed by atoms with Gasteiger partial charge < -0.3 is 10.2 Å². The van der Waals surface area contributed by atoms with Crippen molar-refractivity contribution in [3.8, 4) is 0 Å². The number of nitrogens with zero attached hydrogens (tertiary/aromatic N) is 1. The Morgan fingerprint density at radius 1 is 1.20 bits per heavy atom. The summed E-state index contributed by atoms with van der Waals surface area (Å²) in [5.74, 6) is 0. The summed E-state index contributed by atoms with van der Waals surface area (Å²) in [6, 6.07) is 0.840. The summed E-state index contributed by atoms with van der Waals surface area (Å²) in [5, 5.41) is 3.58. The van der Waals surface area contributed by atoms with E-state index in [1.54, 1.807) is 0 Å². The molecule has 15 heavy (non-hydrogen) atoms. The Morgan fingerprint density at radius 3 is 2.40 bits per heavy atom. The van der Waals surface area contributed by atoms with Gasteiger partial charge in [-0.15, -0.1) is 0 Å². The Morgan fingerprint density at radius 2 is 1.87 bits per heavy atom. The summed E-state index contributed by atoms with van der Waals surface area (Å²) in [4.78, 5) is 2.64. The van der Waals surface area contributed by atoms with E-state index in [0.29, 0.717) is 0 Å². The van der Waals surface area contributed by atoms with Gasteiger partial charge in [-0.25, -0.2) is 0 Å². The predicted octanol–water partition coefficient (Wildman–Crippen LogP) is 2.25. The summed E-state index contributed by atoms with van der Waals surface area (Å²) < 4.78 is 0. The van der Waals surface area contributed by atoms with Crippen LogP contribution in [0.25, 0.3) is 0 Å². The minimum absolute atomic E-state index is 0.747. The van der Waals surface area contributed by atoms with Crippen molar-refractivity contribution in [1.82, 2.24) is 10.2 Å². The minimum Gasteiger partial charge on any atom is -0.314 e. The molecule has 2 nitrogen and oxygen atoms in total. The number of hydrogen-bond acceptors (Lipinski definition) is 2. The quantitative estimate of drug-likeness (QED) is 0.765. The van der Waals surface area contributed by atoms with Crippen LogP contribution in [0.15, 0.2) is 0 Å². The molecule has 1 aliphatic carbocycles. The Hall–Kier alpha value is -0.0800. The topological polar surface area (TPSA) is 15.3 Å². The molecule has 1 N–H and O–H groups in total. The lowest BCUT2D eigenvalue weighted by molar-refractivity contribution is 0.00686. The van der Waals surface area contributed by atoms with Crippen LogP contribution in [0.2, 0.25) is 0 Å². The first-order chi connectivity index (χ1) is 7.28. The molecule has 2 aliphatic rings. The second kappa shape index (κ2) is 4.84. The average molecular weight is 210 g/mol. The summed E-state index contributed by atoms with van der Waals surface area (Å²) in [5.41, 5.74) is 0.747. The molecule has 0 bridgehead atoms. The molecule has 0 amide bonds. The van der Waals surface area contributed by atoms with Crippen molar-refractivity contribution in [2.24, 2.45) is 5.41 Å². The lowest BCUT2D eigenvalue weighted by atomic mass is 9.60. The molecule has 0 unspecified atom stereocenters. The van der Waals surface area contributed by atoms with E-state index in [0.717, 1.165) is 18.0 Å². The van der Waals surface area contributed by atoms with Gasteiger partial charge in [0.15, 0.2) is 0 Å². The molecule has 1 aliphatic heterocycles. The molecule has 88 valence electrons. The van der Waals surface area contributed by atoms with Gasteiger partial charge in [0.2, 0.25) is 0 Å². The molecule has 0 radical (unpaired) electrons. The monoisotopic (exact) mass is 210 g/mol. The molecule has 1 heterocycles. The summed E-state index contributed by atoms with van der Waals surface area (Å²) in [7, 11) is 0. The number of nitrogens with one attached hydrogen (secondary N) is 1. The maximum Gasteiger partial charge on any atom is 0.00775 e. The van der Waals surface area contributed by atoms with Gasteiger partial charge in [-0.05, 0) is 63.7 Å². The molecule has 2 heteroatoms. The van der Waals surface area contributed by atoms with Crippen LogP contribution in [0.3, 0.4) is 0 Å². The Bertz CT molecular complexity index is 187. The van der Waals surface area contributed by atoms with Crippen LogP contribution in [0.4, 0.5) is 0 Å². The Balaban J connectivity index is 1.70. The van der Waals surface area contributed by atoms with Crippen LogP contribution < -0.4 is 5.32 Å². The van der Waals surface area contributed by atoms with Crippen molar-refractivity contribution in [2.75, 3.05) is 26.2 Å². The highest BCUT2D eigenvalue weighted by Crippen LogP contribution is 2.48. The number of piperidine rings is 1. The van der Waals surface area contributed by atoms with Gasteiger partial charge in [0.05, 0.1) is 0 Å². The molecule has 2 fully saturated rings. The van der Waals surface area contributed by atoms with Crippen LogP contribution in [0, 0.1) is 5.41 Å². The fourth-order valence-electron chi connectivity index (χ4n) is 3.39. The zero-order valence-corrected chi connectivity index (χ0v) is 10.4. The van der Waals surface area contributed by atoms with E-state index in [9.17, 15) is 0 Å². The molecule has 1 saturated heterocycles. The van der Waals surface area contributed by atoms with E-state index in [1.165, 1.54) is 51.7 Å². The molecule has 2 rings (SSSR count). The van der Waals surface area contributed by atoms with Gasteiger partial charge in [0, 0.05) is 6.04 Å². The summed E-state index contributed by atoms with van der Waals surface area (Å²) in [6.45, 7) is 9.67. The van der Waals surface area contributed by atoms with Gasteiger partial charge in [-0.2, -0.15) is 0 Å². The van der Waals surface area contributed by atoms with Crippen molar-refractivity contribution in [1.29, 1.82) is 0 Å². The normalized spacial score (nSPS) is 26.8. The SMILES string of the molecule is CCCN1CCC2(CC1)CC(NCC)C2. The molecule has 0 aromatic rings. The molecule has 0 aromatic carbocycles. The molecular formula is C13H26N2. The Kier molecular flexibility index (Phi) is 3.68. The number of rotatable bonds is 4. The third kappa shape index (κ3) is 2.54. The lowest BCUT2D eigenvalue weighted by Crippen LogP contribution is -2.53. The molecule has 0 atom stereocenters. The highest BCUT2D eigenvalue weighted by Gasteiger charge is 2.44. The second-order valence-electron chi connectivity index (χ2n) is 5.50. The summed E-state index contributed by atoms with van der Waals surface area (Å²) in [6.07, 6.45) is 7.11. The first-order valence-electron chi connectivity index (χ1n) is 6.74. The highest BCUT2D eigenvalue weighted by atomic mass is 15.1. The van der Waals surface area contributed by atoms with E-state index in [-0.39, 0.29) is 0 Å². The molecule has 1 saturated carbocycles. The molecular weight excluding hydrogens is 184 g/mol. The van der Waals surface area contributed by atoms with Crippen LogP contribution in [-0.2, 0) is 0 Å². The standard InChI is InChI=1S/C13H26N2/c1-3-7-15-8-5-13(6-9-15)10-12(11-13)14-4-2/h12,14H,3-11H2,1-2H3. The van der Waals surface area contributed by atoms with E-state index in [2.05, 4.69) is 24.1 Å². The first-order valence-corrected chi connectivity index (χ1v) is 6.74. The van der Waals surface area contributed by atoms with Gasteiger partial charge in [-0.1, -0.05) is 13.8 Å². The minimum atomic E-state index is 0.747. The van der Waals surface area contributed by atoms with Crippen LogP contribution in [-0.4, -0.2) is 37.1 Å². The largest absolute Gasteiger partial charge is 0.314 e. The van der Waals surface area contributed by atoms with Crippen LogP contribution in [0.1, 0.15) is 46.0 Å². The zero-order valence-electron chi connectivity index (χ0n) is 10.4. The van der Waals surface area contributed by atoms with Crippen molar-refractivity contribution >= 4 is 0 Å². The smallest absolute Gasteiger partial charge is 0.00775 e. The van der Waals surface area contributed by atoms with Crippen molar-refractivity contribution in [3.05, 3.63) is 0 Å². The van der Waals surface area contributed by atoms with E-state index < -0.39 is 0 Å². The van der Waals surface area contributed by atoms with E-state index in [1.807, 2.05) is 0 Å². The van der Waals surface area contributed by atoms with E-state index >= 15 is 0 Å². The van der Waals surface area contributed by atoms with Crippen molar-refractivity contribution in [2.45, 2.75) is 52.0 Å². The van der Waals surface area contributed by atoms with Gasteiger partial charge in [-0.3, -0.25) is 0 Å². The molecule has 1 spiro atoms. The third-order valence-corrected chi connectivity index (χ3v) is 4.31. The van der Waals surface area contributed by atoms with Gasteiger partial charge >= 0.3 is 0 Å². The van der Waals surface area contributed by atoms with Crippen molar-refractivity contribution in [3.63, 3.8) is 0 Å². The predicted molar refractivity (Wildman–Crippen MR) is 65.1 cm³/mol. The third-order valence-electron chi connectivity index (χ3n) is 4.31. The lowest BCUT2D eigenvalue weighted by Gasteiger charge is -2.52. The first kappa shape index (κ1) is 11.4. The van der Waals surface area contributed by atoms with E-state index in [4.69, 9.17) is 0 Å². The fourth-order valence-corrected chi connectivity index (χ4v) is 3.39. The van der Waals surface area contributed by atoms with Gasteiger partial charge in [0.25, 0.3) is 0 Å². The highest BCUT2D eigenvalue weighted by molar-refractivity contribution is 5.00. The zero-order chi connectivity index (χ0) is 10.7. The molecule has 0 aromatic heterocycles. The average Bonchev–Trinajstić information content (AvgIpc) is 2.19.